The molecule has 2 aromatic carbocycles. The second-order valence-corrected chi connectivity index (χ2v) is 11.3. The number of allylic oxidation sites excluding steroid dienone is 2. The Morgan fingerprint density at radius 1 is 0.909 bits per heavy atom. The smallest absolute Gasteiger partial charge is 0.339 e. The number of carbonyl (C=O) groups excluding carboxylic acids is 3. The second-order valence-electron chi connectivity index (χ2n) is 11.3. The van der Waals surface area contributed by atoms with E-state index in [1.54, 1.807) is 0 Å². The van der Waals surface area contributed by atoms with E-state index in [1.807, 2.05) is 64.1 Å². The SMILES string of the molecule is CC(C)C(C)(C)OC(=O)c1cccc2c(C3CC4C(=O)C3C3C5C=CC(C5=O)C43)cccc12. The zero-order valence-electron chi connectivity index (χ0n) is 19.6. The third-order valence-electron chi connectivity index (χ3n) is 9.29. The molecule has 170 valence electrons. The number of fused-ring (bicyclic) bond motifs is 10. The lowest BCUT2D eigenvalue weighted by Crippen LogP contribution is -2.33. The number of hydrogen-bond donors (Lipinski definition) is 0. The summed E-state index contributed by atoms with van der Waals surface area (Å²) in [6.07, 6.45) is 4.90. The van der Waals surface area contributed by atoms with Gasteiger partial charge in [-0.2, -0.15) is 0 Å². The van der Waals surface area contributed by atoms with E-state index < -0.39 is 5.60 Å². The average molecular weight is 443 g/mol. The van der Waals surface area contributed by atoms with E-state index in [-0.39, 0.29) is 53.3 Å². The maximum Gasteiger partial charge on any atom is 0.339 e. The summed E-state index contributed by atoms with van der Waals surface area (Å²) in [6, 6.07) is 11.8. The van der Waals surface area contributed by atoms with Crippen LogP contribution in [0, 0.1) is 41.4 Å². The van der Waals surface area contributed by atoms with Gasteiger partial charge in [0.25, 0.3) is 0 Å². The Morgan fingerprint density at radius 2 is 1.58 bits per heavy atom. The van der Waals surface area contributed by atoms with Crippen LogP contribution in [0.3, 0.4) is 0 Å². The van der Waals surface area contributed by atoms with Crippen molar-refractivity contribution in [2.45, 2.75) is 45.6 Å². The van der Waals surface area contributed by atoms with E-state index in [2.05, 4.69) is 12.1 Å². The standard InChI is InChI=1S/C29H30O4/c1-14(2)29(3,4)33-28(32)18-10-6-7-15-16(18)8-5-9-17(15)21-13-22-23-19-11-12-20(26(19)30)24(23)25(21)27(22)31/h5-12,14,19-25H,13H2,1-4H3. The molecule has 0 aliphatic heterocycles. The summed E-state index contributed by atoms with van der Waals surface area (Å²) >= 11 is 0. The molecule has 4 aliphatic carbocycles. The minimum Gasteiger partial charge on any atom is -0.456 e. The Balaban J connectivity index is 1.39. The molecule has 7 unspecified atom stereocenters. The highest BCUT2D eigenvalue weighted by Crippen LogP contribution is 2.66. The Labute approximate surface area is 194 Å². The van der Waals surface area contributed by atoms with Gasteiger partial charge in [-0.05, 0) is 66.3 Å². The van der Waals surface area contributed by atoms with Crippen LogP contribution < -0.4 is 0 Å². The number of Topliss-reactive ketones (excluding diaryl/α,β-unsaturated/α-hetero) is 2. The first-order valence-corrected chi connectivity index (χ1v) is 12.2. The van der Waals surface area contributed by atoms with Gasteiger partial charge in [-0.1, -0.05) is 56.3 Å². The predicted molar refractivity (Wildman–Crippen MR) is 126 cm³/mol. The normalized spacial score (nSPS) is 34.0. The Morgan fingerprint density at radius 3 is 2.30 bits per heavy atom. The molecule has 0 N–H and O–H groups in total. The van der Waals surface area contributed by atoms with Gasteiger partial charge in [-0.3, -0.25) is 9.59 Å². The minimum absolute atomic E-state index is 0.0101. The summed E-state index contributed by atoms with van der Waals surface area (Å²) in [5.74, 6) is 0.789. The molecule has 0 aromatic heterocycles. The van der Waals surface area contributed by atoms with E-state index in [0.29, 0.717) is 17.1 Å². The van der Waals surface area contributed by atoms with Gasteiger partial charge in [0.15, 0.2) is 0 Å². The number of ketones is 2. The van der Waals surface area contributed by atoms with E-state index >= 15 is 0 Å². The molecular formula is C29H30O4. The predicted octanol–water partition coefficient (Wildman–Crippen LogP) is 5.35. The van der Waals surface area contributed by atoms with Crippen LogP contribution in [0.5, 0.6) is 0 Å². The third-order valence-corrected chi connectivity index (χ3v) is 9.29. The van der Waals surface area contributed by atoms with Gasteiger partial charge < -0.3 is 4.74 Å². The lowest BCUT2D eigenvalue weighted by Gasteiger charge is -2.35. The summed E-state index contributed by atoms with van der Waals surface area (Å²) in [7, 11) is 0. The van der Waals surface area contributed by atoms with Crippen molar-refractivity contribution < 1.29 is 19.1 Å². The molecule has 2 aromatic rings. The van der Waals surface area contributed by atoms with Crippen LogP contribution in [0.25, 0.3) is 10.8 Å². The van der Waals surface area contributed by atoms with Gasteiger partial charge in [-0.15, -0.1) is 0 Å². The topological polar surface area (TPSA) is 60.4 Å². The summed E-state index contributed by atoms with van der Waals surface area (Å²) in [5.41, 5.74) is 1.13. The number of esters is 1. The molecule has 0 spiro atoms. The van der Waals surface area contributed by atoms with E-state index in [4.69, 9.17) is 4.74 Å². The lowest BCUT2D eigenvalue weighted by molar-refractivity contribution is -0.125. The molecule has 4 aliphatic rings. The van der Waals surface area contributed by atoms with Gasteiger partial charge in [-0.25, -0.2) is 4.79 Å². The molecule has 3 saturated carbocycles. The molecule has 33 heavy (non-hydrogen) atoms. The van der Waals surface area contributed by atoms with Crippen LogP contribution in [0.1, 0.15) is 56.0 Å². The average Bonchev–Trinajstić information content (AvgIpc) is 3.48. The van der Waals surface area contributed by atoms with E-state index in [1.165, 1.54) is 0 Å². The fraction of sp³-hybridized carbons (Fsp3) is 0.483. The quantitative estimate of drug-likeness (QED) is 0.364. The highest BCUT2D eigenvalue weighted by molar-refractivity contribution is 6.06. The van der Waals surface area contributed by atoms with Crippen molar-refractivity contribution in [3.05, 3.63) is 59.7 Å². The number of rotatable bonds is 4. The van der Waals surface area contributed by atoms with Crippen molar-refractivity contribution in [3.8, 4) is 0 Å². The monoisotopic (exact) mass is 442 g/mol. The number of carbonyl (C=O) groups is 3. The van der Waals surface area contributed by atoms with Gasteiger partial charge in [0.2, 0.25) is 0 Å². The summed E-state index contributed by atoms with van der Waals surface area (Å²) in [6.45, 7) is 7.97. The molecule has 4 nitrogen and oxygen atoms in total. The maximum absolute atomic E-state index is 13.3. The third kappa shape index (κ3) is 2.73. The maximum atomic E-state index is 13.3. The van der Waals surface area contributed by atoms with Crippen molar-refractivity contribution >= 4 is 28.3 Å². The molecule has 3 fully saturated rings. The van der Waals surface area contributed by atoms with Crippen molar-refractivity contribution in [3.63, 3.8) is 0 Å². The molecule has 4 heteroatoms. The van der Waals surface area contributed by atoms with Crippen LogP contribution in [0.4, 0.5) is 0 Å². The highest BCUT2D eigenvalue weighted by atomic mass is 16.6. The number of benzene rings is 2. The molecule has 4 bridgehead atoms. The van der Waals surface area contributed by atoms with Crippen molar-refractivity contribution in [1.82, 2.24) is 0 Å². The first kappa shape index (κ1) is 20.8. The molecule has 7 atom stereocenters. The van der Waals surface area contributed by atoms with Crippen LogP contribution in [0.15, 0.2) is 48.6 Å². The molecule has 0 heterocycles. The highest BCUT2D eigenvalue weighted by Gasteiger charge is 2.68. The van der Waals surface area contributed by atoms with Crippen LogP contribution >= 0.6 is 0 Å². The minimum atomic E-state index is -0.565. The van der Waals surface area contributed by atoms with Crippen molar-refractivity contribution in [2.24, 2.45) is 41.4 Å². The van der Waals surface area contributed by atoms with E-state index in [0.717, 1.165) is 22.8 Å². The zero-order valence-corrected chi connectivity index (χ0v) is 19.6. The van der Waals surface area contributed by atoms with Crippen molar-refractivity contribution in [2.75, 3.05) is 0 Å². The van der Waals surface area contributed by atoms with Gasteiger partial charge >= 0.3 is 5.97 Å². The number of hydrogen-bond acceptors (Lipinski definition) is 4. The molecule has 0 amide bonds. The molecular weight excluding hydrogens is 412 g/mol. The Bertz CT molecular complexity index is 1240. The van der Waals surface area contributed by atoms with Gasteiger partial charge in [0, 0.05) is 23.7 Å². The van der Waals surface area contributed by atoms with Gasteiger partial charge in [0.1, 0.15) is 17.2 Å². The second kappa shape index (κ2) is 6.88. The van der Waals surface area contributed by atoms with Crippen LogP contribution in [-0.4, -0.2) is 23.1 Å². The number of ether oxygens (including phenoxy) is 1. The molecule has 0 radical (unpaired) electrons. The largest absolute Gasteiger partial charge is 0.456 e. The first-order chi connectivity index (χ1) is 15.7. The Kier molecular flexibility index (Phi) is 4.34. The molecule has 6 rings (SSSR count). The fourth-order valence-corrected chi connectivity index (χ4v) is 7.10. The first-order valence-electron chi connectivity index (χ1n) is 12.2. The van der Waals surface area contributed by atoms with Crippen LogP contribution in [-0.2, 0) is 14.3 Å². The van der Waals surface area contributed by atoms with Crippen LogP contribution in [0.2, 0.25) is 0 Å². The lowest BCUT2D eigenvalue weighted by atomic mass is 9.67. The van der Waals surface area contributed by atoms with Gasteiger partial charge in [0.05, 0.1) is 5.56 Å². The zero-order chi connectivity index (χ0) is 23.2. The fourth-order valence-electron chi connectivity index (χ4n) is 7.10. The summed E-state index contributed by atoms with van der Waals surface area (Å²) in [5, 5.41) is 1.89. The van der Waals surface area contributed by atoms with E-state index in [9.17, 15) is 14.4 Å². The summed E-state index contributed by atoms with van der Waals surface area (Å²) < 4.78 is 5.89. The Hall–Kier alpha value is -2.75. The van der Waals surface area contributed by atoms with Crippen molar-refractivity contribution in [1.29, 1.82) is 0 Å². The molecule has 0 saturated heterocycles. The summed E-state index contributed by atoms with van der Waals surface area (Å²) in [4.78, 5) is 39.2.